The van der Waals surface area contributed by atoms with Gasteiger partial charge in [-0.2, -0.15) is 0 Å². The Morgan fingerprint density at radius 1 is 0.857 bits per heavy atom. The van der Waals surface area contributed by atoms with Crippen LogP contribution in [0.3, 0.4) is 0 Å². The number of aliphatic hydroxyl groups excluding tert-OH is 1. The van der Waals surface area contributed by atoms with Gasteiger partial charge in [-0.25, -0.2) is 19.7 Å². The minimum Gasteiger partial charge on any atom is -0.464 e. The maximum atomic E-state index is 11.8. The average Bonchev–Trinajstić information content (AvgIpc) is 2.78. The van der Waals surface area contributed by atoms with E-state index in [1.54, 1.807) is 12.1 Å². The predicted molar refractivity (Wildman–Crippen MR) is 105 cm³/mol. The number of carbonyl (C=O) groups excluding carboxylic acids is 1. The van der Waals surface area contributed by atoms with E-state index in [4.69, 9.17) is 14.7 Å². The van der Waals surface area contributed by atoms with Gasteiger partial charge in [0.2, 0.25) is 0 Å². The molecule has 28 heavy (non-hydrogen) atoms. The molecule has 0 saturated heterocycles. The molecule has 1 N–H and O–H groups in total. The van der Waals surface area contributed by atoms with E-state index in [1.807, 2.05) is 54.6 Å². The Kier molecular flexibility index (Phi) is 4.78. The van der Waals surface area contributed by atoms with Crippen LogP contribution in [0.2, 0.25) is 0 Å². The Morgan fingerprint density at radius 3 is 2.21 bits per heavy atom. The maximum Gasteiger partial charge on any atom is 0.356 e. The summed E-state index contributed by atoms with van der Waals surface area (Å²) in [5, 5.41) is 9.30. The summed E-state index contributed by atoms with van der Waals surface area (Å²) in [6.07, 6.45) is 0. The molecular formula is C22H17N3O3. The minimum atomic E-state index is -0.523. The number of esters is 1. The number of aliphatic hydroxyl groups is 1. The Balaban J connectivity index is 1.95. The molecule has 0 bridgehead atoms. The summed E-state index contributed by atoms with van der Waals surface area (Å²) < 4.78 is 4.75. The zero-order valence-corrected chi connectivity index (χ0v) is 15.2. The molecule has 0 saturated carbocycles. The van der Waals surface area contributed by atoms with E-state index in [1.165, 1.54) is 7.11 Å². The number of carbonyl (C=O) groups is 1. The normalized spacial score (nSPS) is 10.8. The number of hydrogen-bond acceptors (Lipinski definition) is 6. The van der Waals surface area contributed by atoms with Crippen molar-refractivity contribution in [3.63, 3.8) is 0 Å². The van der Waals surface area contributed by atoms with Crippen LogP contribution in [-0.4, -0.2) is 33.1 Å². The minimum absolute atomic E-state index is 0.0285. The summed E-state index contributed by atoms with van der Waals surface area (Å²) in [6, 6.07) is 20.5. The lowest BCUT2D eigenvalue weighted by Crippen LogP contribution is -2.05. The third kappa shape index (κ3) is 3.33. The van der Waals surface area contributed by atoms with Crippen molar-refractivity contribution < 1.29 is 14.6 Å². The largest absolute Gasteiger partial charge is 0.464 e. The molecule has 0 spiro atoms. The smallest absolute Gasteiger partial charge is 0.356 e. The van der Waals surface area contributed by atoms with Gasteiger partial charge in [0.25, 0.3) is 0 Å². The number of benzene rings is 2. The zero-order chi connectivity index (χ0) is 19.5. The van der Waals surface area contributed by atoms with E-state index >= 15 is 0 Å². The first kappa shape index (κ1) is 17.8. The first-order chi connectivity index (χ1) is 13.7. The van der Waals surface area contributed by atoms with Gasteiger partial charge in [0.05, 0.1) is 25.1 Å². The van der Waals surface area contributed by atoms with Gasteiger partial charge in [0, 0.05) is 11.1 Å². The van der Waals surface area contributed by atoms with Gasteiger partial charge in [0.1, 0.15) is 5.52 Å². The van der Waals surface area contributed by atoms with Crippen LogP contribution in [0.15, 0.2) is 66.7 Å². The highest BCUT2D eigenvalue weighted by atomic mass is 16.5. The molecule has 2 heterocycles. The third-order valence-electron chi connectivity index (χ3n) is 4.38. The zero-order valence-electron chi connectivity index (χ0n) is 15.2. The van der Waals surface area contributed by atoms with Crippen LogP contribution in [0.1, 0.15) is 16.1 Å². The first-order valence-electron chi connectivity index (χ1n) is 8.72. The van der Waals surface area contributed by atoms with Crippen LogP contribution in [0, 0.1) is 0 Å². The fourth-order valence-electron chi connectivity index (χ4n) is 2.93. The van der Waals surface area contributed by atoms with E-state index < -0.39 is 5.97 Å². The second-order valence-electron chi connectivity index (χ2n) is 6.17. The van der Waals surface area contributed by atoms with E-state index in [0.29, 0.717) is 16.9 Å². The number of ether oxygens (including phenoxy) is 1. The van der Waals surface area contributed by atoms with Crippen molar-refractivity contribution in [3.8, 4) is 22.5 Å². The highest BCUT2D eigenvalue weighted by Crippen LogP contribution is 2.30. The molecule has 0 aliphatic heterocycles. The SMILES string of the molecule is COC(=O)c1ccc2nc(-c3ccccc3)c(-c3ccc(CO)cc3)nc2n1. The summed E-state index contributed by atoms with van der Waals surface area (Å²) in [7, 11) is 1.31. The summed E-state index contributed by atoms with van der Waals surface area (Å²) >= 11 is 0. The lowest BCUT2D eigenvalue weighted by molar-refractivity contribution is 0.0594. The first-order valence-corrected chi connectivity index (χ1v) is 8.72. The molecule has 0 radical (unpaired) electrons. The van der Waals surface area contributed by atoms with Crippen LogP contribution in [0.4, 0.5) is 0 Å². The number of nitrogens with zero attached hydrogens (tertiary/aromatic N) is 3. The Morgan fingerprint density at radius 2 is 1.54 bits per heavy atom. The average molecular weight is 371 g/mol. The van der Waals surface area contributed by atoms with E-state index in [2.05, 4.69) is 4.98 Å². The molecule has 0 aliphatic rings. The number of methoxy groups -OCH3 is 1. The predicted octanol–water partition coefficient (Wildman–Crippen LogP) is 3.64. The number of fused-ring (bicyclic) bond motifs is 1. The standard InChI is InChI=1S/C22H17N3O3/c1-28-22(27)18-12-11-17-21(24-18)25-20(16-9-7-14(13-26)8-10-16)19(23-17)15-5-3-2-4-6-15/h2-12,26H,13H2,1H3. The van der Waals surface area contributed by atoms with Gasteiger partial charge in [-0.1, -0.05) is 54.6 Å². The van der Waals surface area contributed by atoms with Crippen LogP contribution in [-0.2, 0) is 11.3 Å². The molecule has 0 fully saturated rings. The number of rotatable bonds is 4. The lowest BCUT2D eigenvalue weighted by atomic mass is 10.0. The summed E-state index contributed by atoms with van der Waals surface area (Å²) in [5.74, 6) is -0.523. The molecule has 0 aliphatic carbocycles. The molecule has 4 aromatic rings. The van der Waals surface area contributed by atoms with E-state index in [9.17, 15) is 9.90 Å². The highest BCUT2D eigenvalue weighted by molar-refractivity contribution is 5.91. The van der Waals surface area contributed by atoms with Crippen LogP contribution < -0.4 is 0 Å². The number of aromatic nitrogens is 3. The molecule has 2 aromatic heterocycles. The number of hydrogen-bond donors (Lipinski definition) is 1. The maximum absolute atomic E-state index is 11.8. The summed E-state index contributed by atoms with van der Waals surface area (Å²) in [6.45, 7) is -0.0285. The third-order valence-corrected chi connectivity index (χ3v) is 4.38. The Bertz CT molecular complexity index is 1140. The fourth-order valence-corrected chi connectivity index (χ4v) is 2.93. The summed E-state index contributed by atoms with van der Waals surface area (Å²) in [4.78, 5) is 25.6. The topological polar surface area (TPSA) is 85.2 Å². The van der Waals surface area contributed by atoms with Crippen molar-refractivity contribution in [3.05, 3.63) is 78.0 Å². The lowest BCUT2D eigenvalue weighted by Gasteiger charge is -2.11. The van der Waals surface area contributed by atoms with Crippen molar-refractivity contribution in [1.82, 2.24) is 15.0 Å². The molecule has 0 unspecified atom stereocenters. The van der Waals surface area contributed by atoms with Crippen molar-refractivity contribution in [2.45, 2.75) is 6.61 Å². The Labute approximate surface area is 161 Å². The van der Waals surface area contributed by atoms with Gasteiger partial charge in [-0.05, 0) is 17.7 Å². The van der Waals surface area contributed by atoms with E-state index in [-0.39, 0.29) is 12.3 Å². The number of pyridine rings is 1. The van der Waals surface area contributed by atoms with Crippen LogP contribution in [0.25, 0.3) is 33.7 Å². The Hall–Kier alpha value is -3.64. The van der Waals surface area contributed by atoms with Gasteiger partial charge in [0.15, 0.2) is 11.3 Å². The molecule has 6 nitrogen and oxygen atoms in total. The van der Waals surface area contributed by atoms with E-state index in [0.717, 1.165) is 22.4 Å². The fraction of sp³-hybridized carbons (Fsp3) is 0.0909. The quantitative estimate of drug-likeness (QED) is 0.551. The second-order valence-corrected chi connectivity index (χ2v) is 6.17. The molecule has 2 aromatic carbocycles. The van der Waals surface area contributed by atoms with Gasteiger partial charge >= 0.3 is 5.97 Å². The highest BCUT2D eigenvalue weighted by Gasteiger charge is 2.16. The molecule has 6 heteroatoms. The van der Waals surface area contributed by atoms with Gasteiger partial charge < -0.3 is 9.84 Å². The second kappa shape index (κ2) is 7.54. The van der Waals surface area contributed by atoms with Crippen molar-refractivity contribution in [2.75, 3.05) is 7.11 Å². The van der Waals surface area contributed by atoms with Crippen molar-refractivity contribution >= 4 is 17.1 Å². The summed E-state index contributed by atoms with van der Waals surface area (Å²) in [5.41, 5.74) is 5.08. The monoisotopic (exact) mass is 371 g/mol. The van der Waals surface area contributed by atoms with Crippen molar-refractivity contribution in [2.24, 2.45) is 0 Å². The molecule has 0 atom stereocenters. The van der Waals surface area contributed by atoms with Crippen molar-refractivity contribution in [1.29, 1.82) is 0 Å². The molecule has 138 valence electrons. The molecule has 0 amide bonds. The molecule has 4 rings (SSSR count). The van der Waals surface area contributed by atoms with Crippen LogP contribution >= 0.6 is 0 Å². The molecular weight excluding hydrogens is 354 g/mol. The van der Waals surface area contributed by atoms with Gasteiger partial charge in [-0.3, -0.25) is 0 Å². The van der Waals surface area contributed by atoms with Gasteiger partial charge in [-0.15, -0.1) is 0 Å². The van der Waals surface area contributed by atoms with Crippen LogP contribution in [0.5, 0.6) is 0 Å².